The first-order chi connectivity index (χ1) is 13.2. The molecule has 0 atom stereocenters. The first-order valence-electron chi connectivity index (χ1n) is 7.32. The number of carbonyl (C=O) groups excluding carboxylic acids is 1. The molecule has 2 aromatic heterocycles. The minimum absolute atomic E-state index is 0.0239. The molecule has 1 amide bonds. The third kappa shape index (κ3) is 3.90. The summed E-state index contributed by atoms with van der Waals surface area (Å²) in [7, 11) is 0. The Morgan fingerprint density at radius 3 is 2.39 bits per heavy atom. The number of anilines is 1. The van der Waals surface area contributed by atoms with Gasteiger partial charge in [0.25, 0.3) is 11.7 Å². The monoisotopic (exact) mass is 426 g/mol. The summed E-state index contributed by atoms with van der Waals surface area (Å²) in [5.74, 6) is -0.850. The molecule has 1 aromatic carbocycles. The molecule has 0 fully saturated rings. The van der Waals surface area contributed by atoms with Gasteiger partial charge >= 0.3 is 6.18 Å². The molecule has 1 N–H and O–H groups in total. The molecule has 28 heavy (non-hydrogen) atoms. The van der Waals surface area contributed by atoms with Gasteiger partial charge < -0.3 is 10.2 Å². The zero-order valence-electron chi connectivity index (χ0n) is 13.5. The van der Waals surface area contributed by atoms with Crippen molar-refractivity contribution in [3.05, 3.63) is 69.5 Å². The summed E-state index contributed by atoms with van der Waals surface area (Å²) in [6.45, 7) is 7.09. The molecule has 0 radical (unpaired) electrons. The van der Waals surface area contributed by atoms with Crippen molar-refractivity contribution in [1.82, 2.24) is 19.7 Å². The highest BCUT2D eigenvalue weighted by atomic mass is 35.5. The predicted octanol–water partition coefficient (Wildman–Crippen LogP) is 4.79. The van der Waals surface area contributed by atoms with E-state index in [0.29, 0.717) is 12.1 Å². The summed E-state index contributed by atoms with van der Waals surface area (Å²) in [5, 5.41) is 5.64. The number of nitrogens with one attached hydrogen (secondary N) is 1. The van der Waals surface area contributed by atoms with Gasteiger partial charge in [0.1, 0.15) is 17.2 Å². The normalized spacial score (nSPS) is 11.1. The zero-order chi connectivity index (χ0) is 20.5. The van der Waals surface area contributed by atoms with Gasteiger partial charge in [-0.15, -0.1) is 4.68 Å². The highest BCUT2D eigenvalue weighted by Crippen LogP contribution is 2.38. The lowest BCUT2D eigenvalue weighted by molar-refractivity contribution is -0.137. The first kappa shape index (κ1) is 19.6. The lowest BCUT2D eigenvalue weighted by atomic mass is 10.2. The molecular weight excluding hydrogens is 420 g/mol. The Morgan fingerprint density at radius 1 is 1.18 bits per heavy atom. The summed E-state index contributed by atoms with van der Waals surface area (Å²) < 4.78 is 39.8. The lowest BCUT2D eigenvalue weighted by Crippen LogP contribution is -2.17. The van der Waals surface area contributed by atoms with Crippen LogP contribution < -0.4 is 5.32 Å². The number of aromatic nitrogens is 4. The summed E-state index contributed by atoms with van der Waals surface area (Å²) in [6.07, 6.45) is -0.759. The van der Waals surface area contributed by atoms with E-state index in [9.17, 15) is 18.0 Å². The minimum Gasteiger partial charge on any atom is -0.359 e. The number of benzene rings is 1. The number of amides is 1. The maximum absolute atomic E-state index is 12.9. The SMILES string of the molecule is [C-]#[N+]c1cc(NC(=O)c2cnccn2)n(-c2c(Cl)cc(C(F)(F)F)cc2Cl)n1. The van der Waals surface area contributed by atoms with E-state index in [1.807, 2.05) is 0 Å². The van der Waals surface area contributed by atoms with Crippen LogP contribution in [-0.4, -0.2) is 25.7 Å². The molecule has 0 spiro atoms. The van der Waals surface area contributed by atoms with Crippen LogP contribution in [-0.2, 0) is 6.18 Å². The van der Waals surface area contributed by atoms with E-state index in [1.54, 1.807) is 0 Å². The summed E-state index contributed by atoms with van der Waals surface area (Å²) in [4.78, 5) is 23.1. The Morgan fingerprint density at radius 2 is 1.86 bits per heavy atom. The van der Waals surface area contributed by atoms with E-state index in [1.165, 1.54) is 24.7 Å². The molecule has 0 unspecified atom stereocenters. The van der Waals surface area contributed by atoms with Crippen molar-refractivity contribution in [3.8, 4) is 5.69 Å². The van der Waals surface area contributed by atoms with E-state index in [4.69, 9.17) is 29.8 Å². The number of hydrogen-bond donors (Lipinski definition) is 1. The van der Waals surface area contributed by atoms with Gasteiger partial charge in [-0.3, -0.25) is 9.78 Å². The maximum Gasteiger partial charge on any atom is 0.416 e. The van der Waals surface area contributed by atoms with Crippen molar-refractivity contribution in [2.24, 2.45) is 0 Å². The van der Waals surface area contributed by atoms with Crippen LogP contribution in [0.3, 0.4) is 0 Å². The Bertz CT molecular complexity index is 1070. The second-order valence-electron chi connectivity index (χ2n) is 5.24. The topological polar surface area (TPSA) is 77.1 Å². The van der Waals surface area contributed by atoms with Gasteiger partial charge in [0, 0.05) is 18.5 Å². The van der Waals surface area contributed by atoms with Crippen LogP contribution in [0, 0.1) is 6.57 Å². The Balaban J connectivity index is 2.07. The van der Waals surface area contributed by atoms with E-state index in [0.717, 1.165) is 4.68 Å². The fourth-order valence-corrected chi connectivity index (χ4v) is 2.86. The van der Waals surface area contributed by atoms with Gasteiger partial charge in [-0.25, -0.2) is 4.98 Å². The van der Waals surface area contributed by atoms with E-state index >= 15 is 0 Å². The molecule has 0 aliphatic heterocycles. The molecular formula is C16H7Cl2F3N6O. The van der Waals surface area contributed by atoms with Gasteiger partial charge in [-0.05, 0) is 17.2 Å². The van der Waals surface area contributed by atoms with Crippen LogP contribution in [0.15, 0.2) is 36.8 Å². The van der Waals surface area contributed by atoms with Crippen molar-refractivity contribution in [1.29, 1.82) is 0 Å². The molecule has 3 rings (SSSR count). The molecule has 0 aliphatic rings. The minimum atomic E-state index is -4.65. The predicted molar refractivity (Wildman–Crippen MR) is 94.8 cm³/mol. The van der Waals surface area contributed by atoms with E-state index in [2.05, 4.69) is 25.2 Å². The average molecular weight is 427 g/mol. The zero-order valence-corrected chi connectivity index (χ0v) is 15.0. The van der Waals surface area contributed by atoms with Crippen molar-refractivity contribution < 1.29 is 18.0 Å². The summed E-state index contributed by atoms with van der Waals surface area (Å²) in [5.41, 5.74) is -1.20. The van der Waals surface area contributed by atoms with Crippen LogP contribution in [0.1, 0.15) is 16.1 Å². The molecule has 0 saturated carbocycles. The van der Waals surface area contributed by atoms with Gasteiger partial charge in [0.2, 0.25) is 0 Å². The first-order valence-corrected chi connectivity index (χ1v) is 8.08. The lowest BCUT2D eigenvalue weighted by Gasteiger charge is -2.13. The number of hydrogen-bond acceptors (Lipinski definition) is 4. The van der Waals surface area contributed by atoms with Crippen LogP contribution in [0.5, 0.6) is 0 Å². The standard InChI is InChI=1S/C16H7Cl2F3N6O/c1-22-12-6-13(25-15(28)11-7-23-2-3-24-11)27(26-12)14-9(17)4-8(5-10(14)18)16(19,20)21/h2-7H,(H,25,28). The van der Waals surface area contributed by atoms with Gasteiger partial charge in [0.15, 0.2) is 0 Å². The number of alkyl halides is 3. The number of rotatable bonds is 3. The third-order valence-electron chi connectivity index (χ3n) is 3.40. The van der Waals surface area contributed by atoms with E-state index in [-0.39, 0.29) is 33.1 Å². The average Bonchev–Trinajstić information content (AvgIpc) is 3.03. The van der Waals surface area contributed by atoms with Crippen molar-refractivity contribution in [2.75, 3.05) is 5.32 Å². The fraction of sp³-hybridized carbons (Fsp3) is 0.0625. The fourth-order valence-electron chi connectivity index (χ4n) is 2.21. The maximum atomic E-state index is 12.9. The molecule has 12 heteroatoms. The van der Waals surface area contributed by atoms with Crippen LogP contribution in [0.4, 0.5) is 24.8 Å². The van der Waals surface area contributed by atoms with Crippen molar-refractivity contribution in [3.63, 3.8) is 0 Å². The second-order valence-corrected chi connectivity index (χ2v) is 6.06. The Kier molecular flexibility index (Phi) is 5.22. The number of carbonyl (C=O) groups is 1. The quantitative estimate of drug-likeness (QED) is 0.610. The molecule has 7 nitrogen and oxygen atoms in total. The van der Waals surface area contributed by atoms with Gasteiger partial charge in [0.05, 0.1) is 21.8 Å². The third-order valence-corrected chi connectivity index (χ3v) is 3.98. The second kappa shape index (κ2) is 7.46. The largest absolute Gasteiger partial charge is 0.416 e. The number of nitrogens with zero attached hydrogens (tertiary/aromatic N) is 5. The van der Waals surface area contributed by atoms with Crippen LogP contribution in [0.25, 0.3) is 10.5 Å². The Hall–Kier alpha value is -3.16. The highest BCUT2D eigenvalue weighted by molar-refractivity contribution is 6.38. The van der Waals surface area contributed by atoms with Crippen LogP contribution in [0.2, 0.25) is 10.0 Å². The molecule has 3 aromatic rings. The van der Waals surface area contributed by atoms with Gasteiger partial charge in [-0.1, -0.05) is 29.8 Å². The molecule has 0 saturated heterocycles. The van der Waals surface area contributed by atoms with Gasteiger partial charge in [-0.2, -0.15) is 13.2 Å². The van der Waals surface area contributed by atoms with Crippen molar-refractivity contribution >= 4 is 40.7 Å². The summed E-state index contributed by atoms with van der Waals surface area (Å²) in [6, 6.07) is 2.57. The van der Waals surface area contributed by atoms with E-state index < -0.39 is 17.6 Å². The smallest absolute Gasteiger partial charge is 0.359 e. The molecule has 2 heterocycles. The number of halogens is 5. The molecule has 0 bridgehead atoms. The highest BCUT2D eigenvalue weighted by Gasteiger charge is 2.33. The Labute approximate surface area is 165 Å². The molecule has 142 valence electrons. The molecule has 0 aliphatic carbocycles. The van der Waals surface area contributed by atoms with Crippen molar-refractivity contribution in [2.45, 2.75) is 6.18 Å². The van der Waals surface area contributed by atoms with Crippen LogP contribution >= 0.6 is 23.2 Å². The summed E-state index contributed by atoms with van der Waals surface area (Å²) >= 11 is 12.0.